The summed E-state index contributed by atoms with van der Waals surface area (Å²) in [6.07, 6.45) is 5.46. The number of rotatable bonds is 6. The first-order valence-corrected chi connectivity index (χ1v) is 9.09. The van der Waals surface area contributed by atoms with E-state index in [9.17, 15) is 0 Å². The van der Waals surface area contributed by atoms with E-state index in [0.29, 0.717) is 12.6 Å². The molecular formula is C19H30N2O2. The third-order valence-corrected chi connectivity index (χ3v) is 5.22. The Morgan fingerprint density at radius 1 is 1.17 bits per heavy atom. The van der Waals surface area contributed by atoms with Crippen molar-refractivity contribution in [3.8, 4) is 11.5 Å². The van der Waals surface area contributed by atoms with Crippen LogP contribution < -0.4 is 14.8 Å². The molecule has 1 N–H and O–H groups in total. The molecule has 1 aromatic carbocycles. The highest BCUT2D eigenvalue weighted by atomic mass is 16.5. The van der Waals surface area contributed by atoms with E-state index >= 15 is 0 Å². The van der Waals surface area contributed by atoms with Crippen LogP contribution in [0.4, 0.5) is 0 Å². The van der Waals surface area contributed by atoms with Crippen molar-refractivity contribution in [2.75, 3.05) is 39.9 Å². The fraction of sp³-hybridized carbons (Fsp3) is 0.684. The minimum absolute atomic E-state index is 0.518. The maximum Gasteiger partial charge on any atom is 0.161 e. The van der Waals surface area contributed by atoms with E-state index in [1.165, 1.54) is 31.2 Å². The first-order valence-electron chi connectivity index (χ1n) is 9.09. The van der Waals surface area contributed by atoms with Gasteiger partial charge in [-0.1, -0.05) is 18.9 Å². The highest BCUT2D eigenvalue weighted by Gasteiger charge is 2.32. The van der Waals surface area contributed by atoms with Crippen molar-refractivity contribution in [1.29, 1.82) is 0 Å². The molecule has 128 valence electrons. The largest absolute Gasteiger partial charge is 0.493 e. The molecule has 4 heteroatoms. The Hall–Kier alpha value is -1.26. The third kappa shape index (κ3) is 3.81. The monoisotopic (exact) mass is 318 g/mol. The van der Waals surface area contributed by atoms with Gasteiger partial charge in [0.1, 0.15) is 0 Å². The second-order valence-corrected chi connectivity index (χ2v) is 6.62. The molecule has 0 amide bonds. The number of methoxy groups -OCH3 is 1. The quantitative estimate of drug-likeness (QED) is 0.873. The van der Waals surface area contributed by atoms with Crippen molar-refractivity contribution < 1.29 is 9.47 Å². The van der Waals surface area contributed by atoms with Gasteiger partial charge in [0, 0.05) is 32.2 Å². The number of hydrogen-bond acceptors (Lipinski definition) is 4. The van der Waals surface area contributed by atoms with E-state index in [0.717, 1.165) is 43.6 Å². The molecule has 1 aliphatic carbocycles. The first-order chi connectivity index (χ1) is 11.3. The molecule has 1 aromatic rings. The summed E-state index contributed by atoms with van der Waals surface area (Å²) in [5.74, 6) is 2.49. The number of ether oxygens (including phenoxy) is 2. The Labute approximate surface area is 140 Å². The maximum atomic E-state index is 5.81. The van der Waals surface area contributed by atoms with Crippen LogP contribution in [0.25, 0.3) is 0 Å². The molecular weight excluding hydrogens is 288 g/mol. The van der Waals surface area contributed by atoms with Crippen LogP contribution in [0.1, 0.15) is 44.2 Å². The normalized spacial score (nSPS) is 21.3. The Kier molecular flexibility index (Phi) is 5.79. The van der Waals surface area contributed by atoms with Gasteiger partial charge < -0.3 is 14.8 Å². The summed E-state index contributed by atoms with van der Waals surface area (Å²) in [5.41, 5.74) is 1.39. The summed E-state index contributed by atoms with van der Waals surface area (Å²) >= 11 is 0. The van der Waals surface area contributed by atoms with E-state index in [2.05, 4.69) is 28.4 Å². The molecule has 23 heavy (non-hydrogen) atoms. The van der Waals surface area contributed by atoms with Crippen molar-refractivity contribution >= 4 is 0 Å². The summed E-state index contributed by atoms with van der Waals surface area (Å²) in [7, 11) is 1.71. The zero-order valence-corrected chi connectivity index (χ0v) is 14.5. The molecule has 1 atom stereocenters. The van der Waals surface area contributed by atoms with E-state index in [4.69, 9.17) is 9.47 Å². The summed E-state index contributed by atoms with van der Waals surface area (Å²) < 4.78 is 11.3. The smallest absolute Gasteiger partial charge is 0.161 e. The molecule has 3 rings (SSSR count). The van der Waals surface area contributed by atoms with Crippen LogP contribution in [0.5, 0.6) is 11.5 Å². The van der Waals surface area contributed by atoms with E-state index in [1.807, 2.05) is 6.92 Å². The van der Waals surface area contributed by atoms with Crippen molar-refractivity contribution in [3.05, 3.63) is 23.8 Å². The second-order valence-electron chi connectivity index (χ2n) is 6.62. The van der Waals surface area contributed by atoms with Gasteiger partial charge in [0.2, 0.25) is 0 Å². The molecule has 1 saturated heterocycles. The number of benzene rings is 1. The summed E-state index contributed by atoms with van der Waals surface area (Å²) in [6, 6.07) is 7.05. The van der Waals surface area contributed by atoms with Crippen LogP contribution in [0, 0.1) is 5.92 Å². The predicted octanol–water partition coefficient (Wildman–Crippen LogP) is 3.23. The average Bonchev–Trinajstić information content (AvgIpc) is 3.11. The summed E-state index contributed by atoms with van der Waals surface area (Å²) in [6.45, 7) is 7.15. The molecule has 0 radical (unpaired) electrons. The molecule has 2 aliphatic rings. The van der Waals surface area contributed by atoms with Gasteiger partial charge in [-0.2, -0.15) is 0 Å². The Morgan fingerprint density at radius 2 is 1.91 bits per heavy atom. The standard InChI is InChI=1S/C19H30N2O2/c1-3-23-18-14-16(8-9-17(18)22-2)19(15-6-4-5-7-15)21-12-10-20-11-13-21/h8-9,14-15,19-20H,3-7,10-13H2,1-2H3/t19-/m1/s1. The van der Waals surface area contributed by atoms with Crippen LogP contribution in [0.3, 0.4) is 0 Å². The molecule has 0 unspecified atom stereocenters. The van der Waals surface area contributed by atoms with Crippen molar-refractivity contribution in [2.45, 2.75) is 38.6 Å². The van der Waals surface area contributed by atoms with Gasteiger partial charge >= 0.3 is 0 Å². The molecule has 0 spiro atoms. The van der Waals surface area contributed by atoms with Crippen LogP contribution in [0.2, 0.25) is 0 Å². The van der Waals surface area contributed by atoms with Gasteiger partial charge in [0.05, 0.1) is 13.7 Å². The number of piperazine rings is 1. The Bertz CT molecular complexity index is 494. The molecule has 0 bridgehead atoms. The molecule has 4 nitrogen and oxygen atoms in total. The van der Waals surface area contributed by atoms with Gasteiger partial charge in [-0.3, -0.25) is 4.90 Å². The minimum Gasteiger partial charge on any atom is -0.493 e. The van der Waals surface area contributed by atoms with E-state index in [1.54, 1.807) is 7.11 Å². The average molecular weight is 318 g/mol. The number of nitrogens with zero attached hydrogens (tertiary/aromatic N) is 1. The third-order valence-electron chi connectivity index (χ3n) is 5.22. The van der Waals surface area contributed by atoms with Gasteiger partial charge in [0.15, 0.2) is 11.5 Å². The first kappa shape index (κ1) is 16.6. The van der Waals surface area contributed by atoms with Crippen LogP contribution in [-0.4, -0.2) is 44.8 Å². The molecule has 0 aromatic heterocycles. The van der Waals surface area contributed by atoms with Crippen LogP contribution in [-0.2, 0) is 0 Å². The lowest BCUT2D eigenvalue weighted by atomic mass is 9.89. The van der Waals surface area contributed by atoms with Gasteiger partial charge in [-0.05, 0) is 43.4 Å². The molecule has 1 heterocycles. The zero-order chi connectivity index (χ0) is 16.1. The van der Waals surface area contributed by atoms with Crippen molar-refractivity contribution in [2.24, 2.45) is 5.92 Å². The lowest BCUT2D eigenvalue weighted by Gasteiger charge is -2.38. The fourth-order valence-electron chi connectivity index (χ4n) is 4.16. The van der Waals surface area contributed by atoms with Crippen LogP contribution in [0.15, 0.2) is 18.2 Å². The summed E-state index contributed by atoms with van der Waals surface area (Å²) in [4.78, 5) is 2.67. The topological polar surface area (TPSA) is 33.7 Å². The van der Waals surface area contributed by atoms with Gasteiger partial charge in [-0.25, -0.2) is 0 Å². The Morgan fingerprint density at radius 3 is 2.57 bits per heavy atom. The van der Waals surface area contributed by atoms with Gasteiger partial charge in [-0.15, -0.1) is 0 Å². The van der Waals surface area contributed by atoms with Crippen molar-refractivity contribution in [3.63, 3.8) is 0 Å². The maximum absolute atomic E-state index is 5.81. The van der Waals surface area contributed by atoms with Crippen molar-refractivity contribution in [1.82, 2.24) is 10.2 Å². The van der Waals surface area contributed by atoms with E-state index < -0.39 is 0 Å². The zero-order valence-electron chi connectivity index (χ0n) is 14.5. The molecule has 1 saturated carbocycles. The molecule has 2 fully saturated rings. The molecule has 1 aliphatic heterocycles. The highest BCUT2D eigenvalue weighted by Crippen LogP contribution is 2.42. The Balaban J connectivity index is 1.89. The van der Waals surface area contributed by atoms with Crippen LogP contribution >= 0.6 is 0 Å². The van der Waals surface area contributed by atoms with Gasteiger partial charge in [0.25, 0.3) is 0 Å². The fourth-order valence-corrected chi connectivity index (χ4v) is 4.16. The SMILES string of the molecule is CCOc1cc([C@@H](C2CCCC2)N2CCNCC2)ccc1OC. The predicted molar refractivity (Wildman–Crippen MR) is 93.3 cm³/mol. The number of nitrogens with one attached hydrogen (secondary N) is 1. The lowest BCUT2D eigenvalue weighted by Crippen LogP contribution is -2.46. The van der Waals surface area contributed by atoms with E-state index in [-0.39, 0.29) is 0 Å². The minimum atomic E-state index is 0.518. The lowest BCUT2D eigenvalue weighted by molar-refractivity contribution is 0.125. The second kappa shape index (κ2) is 8.02. The summed E-state index contributed by atoms with van der Waals surface area (Å²) in [5, 5.41) is 3.48. The highest BCUT2D eigenvalue weighted by molar-refractivity contribution is 5.44. The number of hydrogen-bond donors (Lipinski definition) is 1.